The zero-order valence-corrected chi connectivity index (χ0v) is 12.8. The summed E-state index contributed by atoms with van der Waals surface area (Å²) in [5.74, 6) is 0.0229. The molecule has 2 aromatic rings. The van der Waals surface area contributed by atoms with Crippen molar-refractivity contribution in [1.82, 2.24) is 14.9 Å². The molecule has 3 heterocycles. The van der Waals surface area contributed by atoms with Crippen molar-refractivity contribution in [1.29, 1.82) is 0 Å². The van der Waals surface area contributed by atoms with Crippen molar-refractivity contribution in [2.75, 3.05) is 12.8 Å². The Kier molecular flexibility index (Phi) is 4.03. The van der Waals surface area contributed by atoms with E-state index in [1.807, 2.05) is 34.7 Å². The fourth-order valence-corrected chi connectivity index (χ4v) is 3.72. The first-order chi connectivity index (χ1) is 9.79. The lowest BCUT2D eigenvalue weighted by Gasteiger charge is -2.23. The minimum absolute atomic E-state index is 0.0229. The molecule has 4 nitrogen and oxygen atoms in total. The highest BCUT2D eigenvalue weighted by atomic mass is 32.2. The number of nitrogens with zero attached hydrogens (tertiary/aromatic N) is 3. The van der Waals surface area contributed by atoms with Crippen molar-refractivity contribution >= 4 is 29.0 Å². The van der Waals surface area contributed by atoms with Gasteiger partial charge in [0.2, 0.25) is 0 Å². The van der Waals surface area contributed by atoms with E-state index in [1.165, 1.54) is 11.3 Å². The second-order valence-electron chi connectivity index (χ2n) is 4.61. The molecule has 1 fully saturated rings. The summed E-state index contributed by atoms with van der Waals surface area (Å²) in [6.45, 7) is 0.784. The first kappa shape index (κ1) is 13.6. The standard InChI is InChI=1S/C14H15N3OS2/c1-19-14-16-11(9-20-14)13(18)17-8-4-6-12(17)10-5-2-3-7-15-10/h2-3,5,7,9,12H,4,6,8H2,1H3. The highest BCUT2D eigenvalue weighted by molar-refractivity contribution is 8.00. The zero-order valence-electron chi connectivity index (χ0n) is 11.2. The van der Waals surface area contributed by atoms with Gasteiger partial charge in [0.1, 0.15) is 10.0 Å². The Morgan fingerprint density at radius 3 is 3.10 bits per heavy atom. The third kappa shape index (κ3) is 2.58. The number of amides is 1. The van der Waals surface area contributed by atoms with Crippen LogP contribution in [0.1, 0.15) is 35.1 Å². The molecule has 1 saturated heterocycles. The summed E-state index contributed by atoms with van der Waals surface area (Å²) < 4.78 is 0.932. The first-order valence-corrected chi connectivity index (χ1v) is 8.61. The van der Waals surface area contributed by atoms with Gasteiger partial charge in [0.25, 0.3) is 5.91 Å². The molecular formula is C14H15N3OS2. The number of hydrogen-bond donors (Lipinski definition) is 0. The molecule has 1 aliphatic heterocycles. The van der Waals surface area contributed by atoms with Crippen LogP contribution < -0.4 is 0 Å². The average molecular weight is 305 g/mol. The lowest BCUT2D eigenvalue weighted by Crippen LogP contribution is -2.31. The maximum absolute atomic E-state index is 12.6. The van der Waals surface area contributed by atoms with Crippen LogP contribution in [-0.2, 0) is 0 Å². The summed E-state index contributed by atoms with van der Waals surface area (Å²) >= 11 is 3.09. The third-order valence-corrected chi connectivity index (χ3v) is 5.28. The second-order valence-corrected chi connectivity index (χ2v) is 6.53. The molecule has 0 aromatic carbocycles. The Hall–Kier alpha value is -1.40. The molecule has 0 spiro atoms. The van der Waals surface area contributed by atoms with Gasteiger partial charge in [0.15, 0.2) is 0 Å². The third-order valence-electron chi connectivity index (χ3n) is 3.42. The average Bonchev–Trinajstić information content (AvgIpc) is 3.16. The molecule has 0 saturated carbocycles. The largest absolute Gasteiger partial charge is 0.329 e. The molecule has 1 unspecified atom stereocenters. The number of thiazole rings is 1. The summed E-state index contributed by atoms with van der Waals surface area (Å²) in [5.41, 5.74) is 1.53. The van der Waals surface area contributed by atoms with E-state index >= 15 is 0 Å². The van der Waals surface area contributed by atoms with Crippen LogP contribution in [0.4, 0.5) is 0 Å². The quantitative estimate of drug-likeness (QED) is 0.817. The fraction of sp³-hybridized carbons (Fsp3) is 0.357. The molecule has 3 rings (SSSR count). The Morgan fingerprint density at radius 1 is 1.50 bits per heavy atom. The summed E-state index contributed by atoms with van der Waals surface area (Å²) in [7, 11) is 0. The van der Waals surface area contributed by atoms with Crippen molar-refractivity contribution in [2.24, 2.45) is 0 Å². The molecule has 1 atom stereocenters. The highest BCUT2D eigenvalue weighted by Crippen LogP contribution is 2.32. The number of rotatable bonds is 3. The molecular weight excluding hydrogens is 290 g/mol. The van der Waals surface area contributed by atoms with Crippen molar-refractivity contribution in [3.63, 3.8) is 0 Å². The first-order valence-electron chi connectivity index (χ1n) is 6.51. The molecule has 0 radical (unpaired) electrons. The zero-order chi connectivity index (χ0) is 13.9. The molecule has 0 aliphatic carbocycles. The van der Waals surface area contributed by atoms with E-state index in [-0.39, 0.29) is 11.9 Å². The number of thioether (sulfide) groups is 1. The Balaban J connectivity index is 1.83. The van der Waals surface area contributed by atoms with E-state index in [0.29, 0.717) is 5.69 Å². The minimum Gasteiger partial charge on any atom is -0.329 e. The maximum Gasteiger partial charge on any atom is 0.273 e. The molecule has 20 heavy (non-hydrogen) atoms. The van der Waals surface area contributed by atoms with Crippen LogP contribution in [0, 0.1) is 0 Å². The van der Waals surface area contributed by atoms with Crippen LogP contribution >= 0.6 is 23.1 Å². The number of likely N-dealkylation sites (tertiary alicyclic amines) is 1. The van der Waals surface area contributed by atoms with E-state index in [1.54, 1.807) is 18.0 Å². The van der Waals surface area contributed by atoms with Gasteiger partial charge in [0, 0.05) is 18.1 Å². The van der Waals surface area contributed by atoms with Crippen LogP contribution in [0.3, 0.4) is 0 Å². The van der Waals surface area contributed by atoms with Gasteiger partial charge in [-0.2, -0.15) is 0 Å². The SMILES string of the molecule is CSc1nc(C(=O)N2CCCC2c2ccccn2)cs1. The highest BCUT2D eigenvalue weighted by Gasteiger charge is 2.32. The molecule has 2 aromatic heterocycles. The molecule has 1 amide bonds. The van der Waals surface area contributed by atoms with Crippen molar-refractivity contribution in [3.8, 4) is 0 Å². The second kappa shape index (κ2) is 5.93. The predicted molar refractivity (Wildman–Crippen MR) is 81.1 cm³/mol. The van der Waals surface area contributed by atoms with Crippen molar-refractivity contribution < 1.29 is 4.79 Å². The van der Waals surface area contributed by atoms with Crippen molar-refractivity contribution in [2.45, 2.75) is 23.2 Å². The number of carbonyl (C=O) groups is 1. The fourth-order valence-electron chi connectivity index (χ4n) is 2.49. The van der Waals surface area contributed by atoms with Crippen LogP contribution in [0.15, 0.2) is 34.1 Å². The Labute approximate surface area is 126 Å². The van der Waals surface area contributed by atoms with E-state index in [2.05, 4.69) is 9.97 Å². The topological polar surface area (TPSA) is 46.1 Å². The van der Waals surface area contributed by atoms with Gasteiger partial charge in [-0.1, -0.05) is 17.8 Å². The van der Waals surface area contributed by atoms with E-state index in [9.17, 15) is 4.79 Å². The molecule has 104 valence electrons. The van der Waals surface area contributed by atoms with Gasteiger partial charge in [0.05, 0.1) is 11.7 Å². The van der Waals surface area contributed by atoms with Gasteiger partial charge in [-0.15, -0.1) is 11.3 Å². The van der Waals surface area contributed by atoms with Crippen LogP contribution in [0.2, 0.25) is 0 Å². The lowest BCUT2D eigenvalue weighted by molar-refractivity contribution is 0.0727. The van der Waals surface area contributed by atoms with Gasteiger partial charge in [-0.25, -0.2) is 4.98 Å². The van der Waals surface area contributed by atoms with Crippen LogP contribution in [-0.4, -0.2) is 33.6 Å². The summed E-state index contributed by atoms with van der Waals surface area (Å²) in [4.78, 5) is 23.3. The van der Waals surface area contributed by atoms with Gasteiger partial charge >= 0.3 is 0 Å². The summed E-state index contributed by atoms with van der Waals surface area (Å²) in [5, 5.41) is 1.85. The van der Waals surface area contributed by atoms with E-state index < -0.39 is 0 Å². The summed E-state index contributed by atoms with van der Waals surface area (Å²) in [6, 6.07) is 5.95. The molecule has 6 heteroatoms. The van der Waals surface area contributed by atoms with E-state index in [4.69, 9.17) is 0 Å². The number of hydrogen-bond acceptors (Lipinski definition) is 5. The number of carbonyl (C=O) groups excluding carboxylic acids is 1. The molecule has 0 N–H and O–H groups in total. The summed E-state index contributed by atoms with van der Waals surface area (Å²) in [6.07, 6.45) is 5.75. The number of pyridine rings is 1. The van der Waals surface area contributed by atoms with Crippen molar-refractivity contribution in [3.05, 3.63) is 41.2 Å². The smallest absolute Gasteiger partial charge is 0.273 e. The Bertz CT molecular complexity index is 599. The predicted octanol–water partition coefficient (Wildman–Crippen LogP) is 3.24. The van der Waals surface area contributed by atoms with Gasteiger partial charge in [-0.05, 0) is 31.2 Å². The minimum atomic E-state index is 0.0229. The van der Waals surface area contributed by atoms with Crippen LogP contribution in [0.5, 0.6) is 0 Å². The molecule has 1 aliphatic rings. The van der Waals surface area contributed by atoms with Crippen LogP contribution in [0.25, 0.3) is 0 Å². The van der Waals surface area contributed by atoms with Gasteiger partial charge < -0.3 is 4.90 Å². The normalized spacial score (nSPS) is 18.4. The van der Waals surface area contributed by atoms with E-state index in [0.717, 1.165) is 29.4 Å². The Morgan fingerprint density at radius 2 is 2.40 bits per heavy atom. The molecule has 0 bridgehead atoms. The monoisotopic (exact) mass is 305 g/mol. The van der Waals surface area contributed by atoms with Gasteiger partial charge in [-0.3, -0.25) is 9.78 Å². The maximum atomic E-state index is 12.6. The number of aromatic nitrogens is 2. The lowest BCUT2D eigenvalue weighted by atomic mass is 10.1.